The lowest BCUT2D eigenvalue weighted by Gasteiger charge is -2.38. The van der Waals surface area contributed by atoms with Gasteiger partial charge >= 0.3 is 0 Å². The van der Waals surface area contributed by atoms with E-state index in [4.69, 9.17) is 0 Å². The molecular formula is C14H31NO. The zero-order valence-corrected chi connectivity index (χ0v) is 11.9. The summed E-state index contributed by atoms with van der Waals surface area (Å²) in [6.45, 7) is 12.3. The maximum atomic E-state index is 9.55. The van der Waals surface area contributed by atoms with Crippen LogP contribution in [-0.2, 0) is 0 Å². The fourth-order valence-electron chi connectivity index (χ4n) is 2.28. The SMILES string of the molecule is CCC(CC)(CO)CNC(CC)(CC)CC. The second-order valence-electron chi connectivity index (χ2n) is 5.06. The minimum atomic E-state index is 0.0742. The molecule has 0 amide bonds. The van der Waals surface area contributed by atoms with E-state index in [1.807, 2.05) is 0 Å². The van der Waals surface area contributed by atoms with Gasteiger partial charge in [-0.05, 0) is 32.1 Å². The van der Waals surface area contributed by atoms with Gasteiger partial charge in [-0.3, -0.25) is 0 Å². The molecule has 0 aliphatic carbocycles. The molecule has 0 heterocycles. The van der Waals surface area contributed by atoms with Crippen LogP contribution < -0.4 is 5.32 Å². The molecule has 0 rings (SSSR count). The standard InChI is InChI=1S/C14H31NO/c1-6-13(7-2,12-16)11-15-14(8-3,9-4)10-5/h15-16H,6-12H2,1-5H3. The molecule has 0 atom stereocenters. The van der Waals surface area contributed by atoms with E-state index in [-0.39, 0.29) is 11.0 Å². The maximum Gasteiger partial charge on any atom is 0.0499 e. The van der Waals surface area contributed by atoms with Gasteiger partial charge < -0.3 is 10.4 Å². The first kappa shape index (κ1) is 15.9. The number of rotatable bonds is 9. The zero-order valence-electron chi connectivity index (χ0n) is 11.9. The first-order chi connectivity index (χ1) is 7.57. The normalized spacial score (nSPS) is 13.1. The van der Waals surface area contributed by atoms with E-state index in [9.17, 15) is 5.11 Å². The molecule has 2 nitrogen and oxygen atoms in total. The first-order valence-electron chi connectivity index (χ1n) is 6.93. The van der Waals surface area contributed by atoms with Gasteiger partial charge in [0.15, 0.2) is 0 Å². The highest BCUT2D eigenvalue weighted by Gasteiger charge is 2.30. The van der Waals surface area contributed by atoms with Crippen LogP contribution in [0.3, 0.4) is 0 Å². The molecular weight excluding hydrogens is 198 g/mol. The van der Waals surface area contributed by atoms with Crippen LogP contribution in [0.4, 0.5) is 0 Å². The Morgan fingerprint density at radius 1 is 0.812 bits per heavy atom. The Bertz CT molecular complexity index is 135. The van der Waals surface area contributed by atoms with E-state index in [1.165, 1.54) is 0 Å². The lowest BCUT2D eigenvalue weighted by atomic mass is 9.81. The number of aliphatic hydroxyl groups excluding tert-OH is 1. The van der Waals surface area contributed by atoms with Crippen molar-refractivity contribution in [1.82, 2.24) is 5.32 Å². The fraction of sp³-hybridized carbons (Fsp3) is 1.00. The van der Waals surface area contributed by atoms with E-state index in [0.29, 0.717) is 6.61 Å². The third kappa shape index (κ3) is 3.74. The summed E-state index contributed by atoms with van der Waals surface area (Å²) in [5, 5.41) is 13.3. The summed E-state index contributed by atoms with van der Waals surface area (Å²) in [6.07, 6.45) is 5.57. The average Bonchev–Trinajstić information content (AvgIpc) is 2.37. The van der Waals surface area contributed by atoms with Crippen molar-refractivity contribution in [3.05, 3.63) is 0 Å². The molecule has 0 spiro atoms. The van der Waals surface area contributed by atoms with Crippen molar-refractivity contribution in [2.75, 3.05) is 13.2 Å². The minimum Gasteiger partial charge on any atom is -0.396 e. The van der Waals surface area contributed by atoms with E-state index >= 15 is 0 Å². The largest absolute Gasteiger partial charge is 0.396 e. The van der Waals surface area contributed by atoms with E-state index in [1.54, 1.807) is 0 Å². The third-order valence-corrected chi connectivity index (χ3v) is 4.70. The van der Waals surface area contributed by atoms with Crippen LogP contribution in [0.1, 0.15) is 66.7 Å². The number of nitrogens with one attached hydrogen (secondary N) is 1. The Kier molecular flexibility index (Phi) is 7.25. The average molecular weight is 229 g/mol. The van der Waals surface area contributed by atoms with Gasteiger partial charge in [0.1, 0.15) is 0 Å². The fourth-order valence-corrected chi connectivity index (χ4v) is 2.28. The molecule has 0 aromatic heterocycles. The number of aliphatic hydroxyl groups is 1. The Morgan fingerprint density at radius 3 is 1.50 bits per heavy atom. The molecule has 0 unspecified atom stereocenters. The molecule has 16 heavy (non-hydrogen) atoms. The van der Waals surface area contributed by atoms with Crippen molar-refractivity contribution in [1.29, 1.82) is 0 Å². The Hall–Kier alpha value is -0.0800. The molecule has 0 bridgehead atoms. The van der Waals surface area contributed by atoms with E-state index < -0.39 is 0 Å². The predicted molar refractivity (Wildman–Crippen MR) is 71.7 cm³/mol. The highest BCUT2D eigenvalue weighted by atomic mass is 16.3. The van der Waals surface area contributed by atoms with Crippen molar-refractivity contribution in [3.8, 4) is 0 Å². The summed E-state index contributed by atoms with van der Waals surface area (Å²) in [5.74, 6) is 0. The lowest BCUT2D eigenvalue weighted by Crippen LogP contribution is -2.49. The van der Waals surface area contributed by atoms with Gasteiger partial charge in [0, 0.05) is 24.1 Å². The third-order valence-electron chi connectivity index (χ3n) is 4.70. The number of hydrogen-bond donors (Lipinski definition) is 2. The smallest absolute Gasteiger partial charge is 0.0499 e. The molecule has 0 aromatic carbocycles. The van der Waals surface area contributed by atoms with E-state index in [2.05, 4.69) is 39.9 Å². The topological polar surface area (TPSA) is 32.3 Å². The van der Waals surface area contributed by atoms with Gasteiger partial charge in [-0.1, -0.05) is 34.6 Å². The summed E-state index contributed by atoms with van der Waals surface area (Å²) < 4.78 is 0. The molecule has 0 aromatic rings. The molecule has 98 valence electrons. The minimum absolute atomic E-state index is 0.0742. The van der Waals surface area contributed by atoms with Crippen LogP contribution >= 0.6 is 0 Å². The van der Waals surface area contributed by atoms with Gasteiger partial charge in [0.2, 0.25) is 0 Å². The predicted octanol–water partition coefficient (Wildman–Crippen LogP) is 3.34. The van der Waals surface area contributed by atoms with Gasteiger partial charge in [-0.25, -0.2) is 0 Å². The summed E-state index contributed by atoms with van der Waals surface area (Å²) in [5.41, 5.74) is 0.343. The van der Waals surface area contributed by atoms with Crippen molar-refractivity contribution >= 4 is 0 Å². The highest BCUT2D eigenvalue weighted by Crippen LogP contribution is 2.27. The van der Waals surface area contributed by atoms with Crippen molar-refractivity contribution in [2.45, 2.75) is 72.3 Å². The molecule has 2 N–H and O–H groups in total. The maximum absolute atomic E-state index is 9.55. The monoisotopic (exact) mass is 229 g/mol. The summed E-state index contributed by atoms with van der Waals surface area (Å²) in [7, 11) is 0. The van der Waals surface area contributed by atoms with Crippen LogP contribution in [0.25, 0.3) is 0 Å². The molecule has 0 saturated heterocycles. The second-order valence-corrected chi connectivity index (χ2v) is 5.06. The molecule has 0 radical (unpaired) electrons. The van der Waals surface area contributed by atoms with Crippen LogP contribution in [0.15, 0.2) is 0 Å². The number of hydrogen-bond acceptors (Lipinski definition) is 2. The second kappa shape index (κ2) is 7.29. The van der Waals surface area contributed by atoms with Crippen LogP contribution in [0.5, 0.6) is 0 Å². The lowest BCUT2D eigenvalue weighted by molar-refractivity contribution is 0.0978. The van der Waals surface area contributed by atoms with Crippen LogP contribution in [-0.4, -0.2) is 23.8 Å². The van der Waals surface area contributed by atoms with Gasteiger partial charge in [-0.2, -0.15) is 0 Å². The highest BCUT2D eigenvalue weighted by molar-refractivity contribution is 4.88. The van der Waals surface area contributed by atoms with E-state index in [0.717, 1.165) is 38.6 Å². The Labute approximate surface area is 102 Å². The summed E-state index contributed by atoms with van der Waals surface area (Å²) in [6, 6.07) is 0. The first-order valence-corrected chi connectivity index (χ1v) is 6.93. The Balaban J connectivity index is 4.48. The zero-order chi connectivity index (χ0) is 12.7. The van der Waals surface area contributed by atoms with Crippen molar-refractivity contribution < 1.29 is 5.11 Å². The van der Waals surface area contributed by atoms with Gasteiger partial charge in [-0.15, -0.1) is 0 Å². The molecule has 2 heteroatoms. The van der Waals surface area contributed by atoms with Crippen molar-refractivity contribution in [2.24, 2.45) is 5.41 Å². The molecule has 0 aliphatic heterocycles. The van der Waals surface area contributed by atoms with Gasteiger partial charge in [0.25, 0.3) is 0 Å². The molecule has 0 saturated carbocycles. The van der Waals surface area contributed by atoms with Gasteiger partial charge in [0.05, 0.1) is 0 Å². The quantitative estimate of drug-likeness (QED) is 0.635. The van der Waals surface area contributed by atoms with Crippen LogP contribution in [0, 0.1) is 5.41 Å². The summed E-state index contributed by atoms with van der Waals surface area (Å²) in [4.78, 5) is 0. The molecule has 0 fully saturated rings. The van der Waals surface area contributed by atoms with Crippen LogP contribution in [0.2, 0.25) is 0 Å². The Morgan fingerprint density at radius 2 is 1.25 bits per heavy atom. The van der Waals surface area contributed by atoms with Crippen molar-refractivity contribution in [3.63, 3.8) is 0 Å². The summed E-state index contributed by atoms with van der Waals surface area (Å²) >= 11 is 0. The molecule has 0 aliphatic rings.